The number of aliphatic hydroxyl groups is 1. The lowest BCUT2D eigenvalue weighted by Crippen LogP contribution is -2.47. The third-order valence-electron chi connectivity index (χ3n) is 6.93. The van der Waals surface area contributed by atoms with Crippen molar-refractivity contribution in [2.75, 3.05) is 13.1 Å². The van der Waals surface area contributed by atoms with Gasteiger partial charge in [-0.2, -0.15) is 0 Å². The van der Waals surface area contributed by atoms with E-state index in [0.29, 0.717) is 36.7 Å². The van der Waals surface area contributed by atoms with E-state index >= 15 is 0 Å². The summed E-state index contributed by atoms with van der Waals surface area (Å²) in [5, 5.41) is 15.8. The first-order valence-electron chi connectivity index (χ1n) is 10.8. The van der Waals surface area contributed by atoms with Gasteiger partial charge in [0.25, 0.3) is 0 Å². The second-order valence-corrected chi connectivity index (χ2v) is 9.70. The van der Waals surface area contributed by atoms with Crippen LogP contribution in [-0.2, 0) is 22.4 Å². The second-order valence-electron chi connectivity index (χ2n) is 8.75. The van der Waals surface area contributed by atoms with Crippen LogP contribution in [0, 0.1) is 17.8 Å². The summed E-state index contributed by atoms with van der Waals surface area (Å²) in [5.41, 5.74) is 2.82. The number of thiocarbonyl (C=S) groups is 2. The van der Waals surface area contributed by atoms with Crippen LogP contribution in [0.1, 0.15) is 36.8 Å². The van der Waals surface area contributed by atoms with Crippen LogP contribution in [0.3, 0.4) is 0 Å². The zero-order valence-electron chi connectivity index (χ0n) is 16.9. The maximum absolute atomic E-state index is 13.2. The number of fused-ring (bicyclic) bond motifs is 1. The molecule has 2 saturated heterocycles. The standard InChI is InChI=1S/C23H28N2O3S2/c26-17(8-6-13-5-7-14-3-1-2-4-15(14)11-13)19-18(29)12-25-21(19)22(27)16-9-10-24-20(16)23(28)30/h1-4,13,16,19-21,24-25H,5-12H2,(H,28,30)/t13-,16?,19?,20+,21+/m1/s1. The van der Waals surface area contributed by atoms with E-state index in [4.69, 9.17) is 24.4 Å². The Hall–Kier alpha value is -1.54. The van der Waals surface area contributed by atoms with Crippen molar-refractivity contribution in [1.29, 1.82) is 0 Å². The summed E-state index contributed by atoms with van der Waals surface area (Å²) >= 11 is 10.4. The van der Waals surface area contributed by atoms with Gasteiger partial charge in [-0.1, -0.05) is 36.5 Å². The smallest absolute Gasteiger partial charge is 0.174 e. The van der Waals surface area contributed by atoms with Crippen molar-refractivity contribution < 1.29 is 14.7 Å². The van der Waals surface area contributed by atoms with E-state index in [-0.39, 0.29) is 16.6 Å². The fourth-order valence-corrected chi connectivity index (χ4v) is 5.87. The van der Waals surface area contributed by atoms with E-state index in [0.717, 1.165) is 25.7 Å². The first-order chi connectivity index (χ1) is 14.5. The van der Waals surface area contributed by atoms with E-state index < -0.39 is 23.9 Å². The van der Waals surface area contributed by atoms with Crippen LogP contribution in [0.5, 0.6) is 0 Å². The molecule has 5 atom stereocenters. The zero-order chi connectivity index (χ0) is 21.3. The summed E-state index contributed by atoms with van der Waals surface area (Å²) in [5.74, 6) is -0.457. The van der Waals surface area contributed by atoms with E-state index in [1.54, 1.807) is 0 Å². The number of carbonyl (C=O) groups excluding carboxylic acids is 2. The maximum atomic E-state index is 13.2. The van der Waals surface area contributed by atoms with Crippen LogP contribution >= 0.6 is 24.4 Å². The SMILES string of the molecule is O=C(CC[C@H]1CCc2ccccc2C1)C1C(=S)CN[C@@H]1C(=O)C1CCN[C@@H]1C(O)=S. The monoisotopic (exact) mass is 444 g/mol. The van der Waals surface area contributed by atoms with Gasteiger partial charge in [-0.15, -0.1) is 0 Å². The van der Waals surface area contributed by atoms with Gasteiger partial charge in [0, 0.05) is 23.7 Å². The predicted octanol–water partition coefficient (Wildman–Crippen LogP) is 2.53. The normalized spacial score (nSPS) is 30.8. The topological polar surface area (TPSA) is 78.4 Å². The number of rotatable bonds is 7. The molecule has 160 valence electrons. The van der Waals surface area contributed by atoms with Crippen molar-refractivity contribution in [1.82, 2.24) is 10.6 Å². The molecule has 1 aliphatic carbocycles. The molecule has 2 unspecified atom stereocenters. The summed E-state index contributed by atoms with van der Waals surface area (Å²) in [6, 6.07) is 7.43. The van der Waals surface area contributed by atoms with Crippen LogP contribution in [0.25, 0.3) is 0 Å². The fourth-order valence-electron chi connectivity index (χ4n) is 5.28. The number of Topliss-reactive ketones (excluding diaryl/α,β-unsaturated/α-hetero) is 2. The highest BCUT2D eigenvalue weighted by Gasteiger charge is 2.46. The van der Waals surface area contributed by atoms with Crippen LogP contribution in [-0.4, -0.2) is 51.8 Å². The van der Waals surface area contributed by atoms with Crippen molar-refractivity contribution in [3.8, 4) is 0 Å². The lowest BCUT2D eigenvalue weighted by atomic mass is 9.79. The maximum Gasteiger partial charge on any atom is 0.174 e. The molecule has 4 rings (SSSR count). The molecule has 5 nitrogen and oxygen atoms in total. The molecule has 3 N–H and O–H groups in total. The molecule has 0 aromatic heterocycles. The number of hydrogen-bond donors (Lipinski definition) is 3. The lowest BCUT2D eigenvalue weighted by Gasteiger charge is -2.26. The minimum Gasteiger partial charge on any atom is -0.501 e. The summed E-state index contributed by atoms with van der Waals surface area (Å²) in [6.45, 7) is 1.04. The first kappa shape index (κ1) is 21.7. The van der Waals surface area contributed by atoms with Gasteiger partial charge >= 0.3 is 0 Å². The molecule has 2 aliphatic heterocycles. The molecular weight excluding hydrogens is 416 g/mol. The number of nitrogens with one attached hydrogen (secondary N) is 2. The Morgan fingerprint density at radius 2 is 1.87 bits per heavy atom. The number of carbonyl (C=O) groups is 2. The van der Waals surface area contributed by atoms with Gasteiger partial charge < -0.3 is 15.7 Å². The van der Waals surface area contributed by atoms with Gasteiger partial charge in [0.2, 0.25) is 0 Å². The molecule has 0 spiro atoms. The summed E-state index contributed by atoms with van der Waals surface area (Å²) < 4.78 is 0. The molecule has 7 heteroatoms. The summed E-state index contributed by atoms with van der Waals surface area (Å²) in [7, 11) is 0. The molecule has 0 radical (unpaired) electrons. The molecular formula is C23H28N2O3S2. The molecule has 0 amide bonds. The highest BCUT2D eigenvalue weighted by Crippen LogP contribution is 2.30. The summed E-state index contributed by atoms with van der Waals surface area (Å²) in [4.78, 5) is 26.9. The number of aryl methyl sites for hydroxylation is 1. The average molecular weight is 445 g/mol. The molecule has 2 heterocycles. The molecule has 3 aliphatic rings. The Labute approximate surface area is 188 Å². The third kappa shape index (κ3) is 4.40. The Kier molecular flexibility index (Phi) is 6.72. The molecule has 30 heavy (non-hydrogen) atoms. The minimum atomic E-state index is -0.598. The van der Waals surface area contributed by atoms with Gasteiger partial charge in [0.15, 0.2) is 10.8 Å². The number of aliphatic hydroxyl groups excluding tert-OH is 1. The quantitative estimate of drug-likeness (QED) is 0.558. The Bertz CT molecular complexity index is 872. The highest BCUT2D eigenvalue weighted by atomic mass is 32.1. The van der Waals surface area contributed by atoms with Crippen molar-refractivity contribution in [3.63, 3.8) is 0 Å². The average Bonchev–Trinajstić information content (AvgIpc) is 3.38. The largest absolute Gasteiger partial charge is 0.501 e. The number of benzene rings is 1. The van der Waals surface area contributed by atoms with E-state index in [1.165, 1.54) is 11.1 Å². The van der Waals surface area contributed by atoms with Crippen molar-refractivity contribution in [3.05, 3.63) is 35.4 Å². The Morgan fingerprint density at radius 3 is 2.63 bits per heavy atom. The minimum absolute atomic E-state index is 0.0637. The van der Waals surface area contributed by atoms with Crippen molar-refractivity contribution in [2.45, 2.75) is 50.6 Å². The van der Waals surface area contributed by atoms with Gasteiger partial charge in [0.05, 0.1) is 18.0 Å². The van der Waals surface area contributed by atoms with E-state index in [1.807, 2.05) is 0 Å². The highest BCUT2D eigenvalue weighted by molar-refractivity contribution is 7.80. The number of ketones is 2. The van der Waals surface area contributed by atoms with Gasteiger partial charge in [-0.05, 0) is 67.9 Å². The predicted molar refractivity (Wildman–Crippen MR) is 124 cm³/mol. The van der Waals surface area contributed by atoms with Crippen molar-refractivity contribution >= 4 is 45.9 Å². The Balaban J connectivity index is 1.38. The zero-order valence-corrected chi connectivity index (χ0v) is 18.6. The molecule has 0 saturated carbocycles. The first-order valence-corrected chi connectivity index (χ1v) is 11.6. The van der Waals surface area contributed by atoms with Crippen molar-refractivity contribution in [2.24, 2.45) is 17.8 Å². The van der Waals surface area contributed by atoms with Crippen LogP contribution in [0.15, 0.2) is 24.3 Å². The molecule has 1 aromatic carbocycles. The third-order valence-corrected chi connectivity index (χ3v) is 7.58. The van der Waals surface area contributed by atoms with Crippen LogP contribution in [0.2, 0.25) is 0 Å². The van der Waals surface area contributed by atoms with Crippen LogP contribution in [0.4, 0.5) is 0 Å². The molecule has 1 aromatic rings. The van der Waals surface area contributed by atoms with E-state index in [2.05, 4.69) is 34.9 Å². The second kappa shape index (κ2) is 9.30. The van der Waals surface area contributed by atoms with Gasteiger partial charge in [-0.3, -0.25) is 9.59 Å². The fraction of sp³-hybridized carbons (Fsp3) is 0.565. The lowest BCUT2D eigenvalue weighted by molar-refractivity contribution is -0.129. The van der Waals surface area contributed by atoms with Gasteiger partial charge in [0.1, 0.15) is 5.78 Å². The molecule has 2 fully saturated rings. The summed E-state index contributed by atoms with van der Waals surface area (Å²) in [6.07, 6.45) is 5.08. The number of hydrogen-bond acceptors (Lipinski definition) is 6. The van der Waals surface area contributed by atoms with Gasteiger partial charge in [-0.25, -0.2) is 0 Å². The van der Waals surface area contributed by atoms with E-state index in [9.17, 15) is 14.7 Å². The Morgan fingerprint density at radius 1 is 1.10 bits per heavy atom. The molecule has 0 bridgehead atoms. The van der Waals surface area contributed by atoms with Crippen LogP contribution < -0.4 is 10.6 Å².